The molecule has 0 radical (unpaired) electrons. The van der Waals surface area contributed by atoms with E-state index in [1.807, 2.05) is 31.2 Å². The Balaban J connectivity index is 1.44. The Morgan fingerprint density at radius 1 is 1.29 bits per heavy atom. The highest BCUT2D eigenvalue weighted by Crippen LogP contribution is 2.23. The Kier molecular flexibility index (Phi) is 9.28. The Hall–Kier alpha value is -3.12. The minimum atomic E-state index is -0.738. The minimum Gasteiger partial charge on any atom is -0.489 e. The highest BCUT2D eigenvalue weighted by Gasteiger charge is 2.21. The first-order chi connectivity index (χ1) is 16.4. The molecule has 0 aliphatic carbocycles. The molecule has 0 saturated carbocycles. The number of halogens is 1. The van der Waals surface area contributed by atoms with Crippen molar-refractivity contribution in [1.82, 2.24) is 10.7 Å². The Morgan fingerprint density at radius 3 is 2.74 bits per heavy atom. The van der Waals surface area contributed by atoms with Gasteiger partial charge in [-0.15, -0.1) is 0 Å². The van der Waals surface area contributed by atoms with Crippen molar-refractivity contribution in [1.29, 1.82) is 5.26 Å². The third-order valence-corrected chi connectivity index (χ3v) is 5.86. The van der Waals surface area contributed by atoms with Gasteiger partial charge in [0.15, 0.2) is 0 Å². The molecule has 0 fully saturated rings. The van der Waals surface area contributed by atoms with Gasteiger partial charge in [-0.3, -0.25) is 4.79 Å². The minimum absolute atomic E-state index is 0.0517. The number of carbonyl (C=O) groups is 1. The number of carbonyl (C=O) groups excluding carboxylic acids is 1. The smallest absolute Gasteiger partial charge is 0.240 e. The molecule has 0 aromatic heterocycles. The Labute approximate surface area is 205 Å². The zero-order valence-electron chi connectivity index (χ0n) is 19.3. The normalized spacial score (nSPS) is 17.2. The molecule has 2 aromatic rings. The summed E-state index contributed by atoms with van der Waals surface area (Å²) >= 11 is 5.96. The van der Waals surface area contributed by atoms with Crippen LogP contribution in [0.15, 0.2) is 47.6 Å². The molecule has 9 heteroatoms. The lowest BCUT2D eigenvalue weighted by molar-refractivity contribution is -0.121. The molecule has 3 rings (SSSR count). The van der Waals surface area contributed by atoms with Gasteiger partial charge in [-0.05, 0) is 36.2 Å². The molecule has 0 spiro atoms. The molecule has 1 heterocycles. The van der Waals surface area contributed by atoms with Gasteiger partial charge >= 0.3 is 0 Å². The van der Waals surface area contributed by atoms with Gasteiger partial charge < -0.3 is 20.5 Å². The van der Waals surface area contributed by atoms with E-state index in [1.54, 1.807) is 18.2 Å². The van der Waals surface area contributed by atoms with Crippen molar-refractivity contribution < 1.29 is 14.6 Å². The standard InChI is InChI=1S/C25H30ClN5O3/c1-3-20(29-14-22(32)15-34-23-11-19(26)7-4-18(23)12-27)13-28-21-8-5-17(6-9-21)25-16(2)10-24(33)30-31-25/h4-9,11,16,20,22,28-29,32H,3,10,13-15H2,1-2H3,(H,30,33). The number of anilines is 1. The van der Waals surface area contributed by atoms with Gasteiger partial charge in [-0.1, -0.05) is 37.6 Å². The quantitative estimate of drug-likeness (QED) is 0.389. The van der Waals surface area contributed by atoms with E-state index in [1.165, 1.54) is 0 Å². The van der Waals surface area contributed by atoms with Crippen molar-refractivity contribution in [2.45, 2.75) is 38.8 Å². The third kappa shape index (κ3) is 7.19. The lowest BCUT2D eigenvalue weighted by atomic mass is 9.94. The van der Waals surface area contributed by atoms with E-state index in [9.17, 15) is 9.90 Å². The van der Waals surface area contributed by atoms with Gasteiger partial charge in [-0.25, -0.2) is 5.43 Å². The van der Waals surface area contributed by atoms with E-state index in [4.69, 9.17) is 21.6 Å². The first kappa shape index (κ1) is 25.5. The lowest BCUT2D eigenvalue weighted by Crippen LogP contribution is -2.41. The second kappa shape index (κ2) is 12.4. The van der Waals surface area contributed by atoms with Crippen molar-refractivity contribution in [2.75, 3.05) is 25.0 Å². The van der Waals surface area contributed by atoms with E-state index in [-0.39, 0.29) is 24.5 Å². The van der Waals surface area contributed by atoms with Crippen LogP contribution in [-0.2, 0) is 4.79 Å². The second-order valence-corrected chi connectivity index (χ2v) is 8.76. The van der Waals surface area contributed by atoms with E-state index < -0.39 is 6.10 Å². The SMILES string of the molecule is CCC(CNc1ccc(C2=NNC(=O)CC2C)cc1)NCC(O)COc1cc(Cl)ccc1C#N. The molecule has 180 valence electrons. The van der Waals surface area contributed by atoms with Crippen molar-refractivity contribution >= 4 is 28.9 Å². The van der Waals surface area contributed by atoms with Gasteiger partial charge in [0.1, 0.15) is 24.5 Å². The van der Waals surface area contributed by atoms with Gasteiger partial charge in [0.25, 0.3) is 0 Å². The van der Waals surface area contributed by atoms with Gasteiger partial charge in [0, 0.05) is 48.2 Å². The Morgan fingerprint density at radius 2 is 2.06 bits per heavy atom. The van der Waals surface area contributed by atoms with Gasteiger partial charge in [-0.2, -0.15) is 10.4 Å². The molecule has 1 aliphatic heterocycles. The maximum absolute atomic E-state index is 11.4. The number of aliphatic hydroxyl groups is 1. The third-order valence-electron chi connectivity index (χ3n) is 5.62. The highest BCUT2D eigenvalue weighted by molar-refractivity contribution is 6.30. The molecule has 1 amide bonds. The number of hydrazone groups is 1. The summed E-state index contributed by atoms with van der Waals surface area (Å²) in [5, 5.41) is 30.9. The van der Waals surface area contributed by atoms with E-state index >= 15 is 0 Å². The topological polar surface area (TPSA) is 119 Å². The van der Waals surface area contributed by atoms with Crippen LogP contribution < -0.4 is 20.8 Å². The summed E-state index contributed by atoms with van der Waals surface area (Å²) in [7, 11) is 0. The molecule has 4 N–H and O–H groups in total. The van der Waals surface area contributed by atoms with Crippen LogP contribution in [0.5, 0.6) is 5.75 Å². The van der Waals surface area contributed by atoms with Crippen LogP contribution in [0.1, 0.15) is 37.8 Å². The summed E-state index contributed by atoms with van der Waals surface area (Å²) in [6, 6.07) is 15.0. The molecule has 0 saturated heterocycles. The summed E-state index contributed by atoms with van der Waals surface area (Å²) < 4.78 is 5.60. The maximum Gasteiger partial charge on any atom is 0.240 e. The van der Waals surface area contributed by atoms with Crippen molar-refractivity contribution in [3.8, 4) is 11.8 Å². The number of nitrogens with one attached hydrogen (secondary N) is 3. The van der Waals surface area contributed by atoms with Crippen molar-refractivity contribution in [3.05, 3.63) is 58.6 Å². The number of benzene rings is 2. The number of hydrogen-bond acceptors (Lipinski definition) is 7. The molecular weight excluding hydrogens is 454 g/mol. The number of rotatable bonds is 11. The number of ether oxygens (including phenoxy) is 1. The summed E-state index contributed by atoms with van der Waals surface area (Å²) in [5.41, 5.74) is 5.78. The number of aliphatic hydroxyl groups excluding tert-OH is 1. The fraction of sp³-hybridized carbons (Fsp3) is 0.400. The van der Waals surface area contributed by atoms with Crippen LogP contribution in [0.4, 0.5) is 5.69 Å². The largest absolute Gasteiger partial charge is 0.489 e. The van der Waals surface area contributed by atoms with Crippen LogP contribution in [0, 0.1) is 17.2 Å². The average Bonchev–Trinajstić information content (AvgIpc) is 2.83. The summed E-state index contributed by atoms with van der Waals surface area (Å²) in [5.74, 6) is 0.393. The zero-order valence-corrected chi connectivity index (χ0v) is 20.1. The molecule has 34 heavy (non-hydrogen) atoms. The van der Waals surface area contributed by atoms with E-state index in [0.29, 0.717) is 35.8 Å². The maximum atomic E-state index is 11.4. The Bertz CT molecular complexity index is 1050. The van der Waals surface area contributed by atoms with Crippen LogP contribution >= 0.6 is 11.6 Å². The molecule has 3 atom stereocenters. The van der Waals surface area contributed by atoms with E-state index in [2.05, 4.69) is 34.2 Å². The molecule has 8 nitrogen and oxygen atoms in total. The van der Waals surface area contributed by atoms with Crippen molar-refractivity contribution in [3.63, 3.8) is 0 Å². The zero-order chi connectivity index (χ0) is 24.5. The molecule has 3 unspecified atom stereocenters. The van der Waals surface area contributed by atoms with Crippen LogP contribution in [0.25, 0.3) is 0 Å². The van der Waals surface area contributed by atoms with Crippen molar-refractivity contribution in [2.24, 2.45) is 11.0 Å². The van der Waals surface area contributed by atoms with Gasteiger partial charge in [0.2, 0.25) is 5.91 Å². The lowest BCUT2D eigenvalue weighted by Gasteiger charge is -2.21. The number of nitrogens with zero attached hydrogens (tertiary/aromatic N) is 2. The summed E-state index contributed by atoms with van der Waals surface area (Å²) in [4.78, 5) is 11.4. The molecule has 2 aromatic carbocycles. The molecule has 0 bridgehead atoms. The summed E-state index contributed by atoms with van der Waals surface area (Å²) in [6.45, 7) is 5.16. The number of nitriles is 1. The molecule has 1 aliphatic rings. The molecular formula is C25H30ClN5O3. The first-order valence-corrected chi connectivity index (χ1v) is 11.7. The number of hydrogen-bond donors (Lipinski definition) is 4. The fourth-order valence-electron chi connectivity index (χ4n) is 3.62. The fourth-order valence-corrected chi connectivity index (χ4v) is 3.78. The monoisotopic (exact) mass is 483 g/mol. The second-order valence-electron chi connectivity index (χ2n) is 8.33. The predicted octanol–water partition coefficient (Wildman–Crippen LogP) is 3.29. The van der Waals surface area contributed by atoms with Crippen LogP contribution in [-0.4, -0.2) is 48.6 Å². The number of amides is 1. The van der Waals surface area contributed by atoms with Crippen LogP contribution in [0.2, 0.25) is 5.02 Å². The van der Waals surface area contributed by atoms with E-state index in [0.717, 1.165) is 23.4 Å². The average molecular weight is 484 g/mol. The van der Waals surface area contributed by atoms with Gasteiger partial charge in [0.05, 0.1) is 11.3 Å². The first-order valence-electron chi connectivity index (χ1n) is 11.3. The van der Waals surface area contributed by atoms with Crippen LogP contribution in [0.3, 0.4) is 0 Å². The predicted molar refractivity (Wildman–Crippen MR) is 133 cm³/mol. The summed E-state index contributed by atoms with van der Waals surface area (Å²) in [6.07, 6.45) is 0.579. The highest BCUT2D eigenvalue weighted by atomic mass is 35.5.